The monoisotopic (exact) mass is 263 g/mol. The molecule has 0 unspecified atom stereocenters. The molecule has 1 fully saturated rings. The van der Waals surface area contributed by atoms with Crippen molar-refractivity contribution in [1.29, 1.82) is 0 Å². The van der Waals surface area contributed by atoms with Crippen LogP contribution in [0, 0.1) is 5.92 Å². The molecule has 1 aliphatic carbocycles. The third-order valence-electron chi connectivity index (χ3n) is 3.03. The van der Waals surface area contributed by atoms with Gasteiger partial charge in [-0.3, -0.25) is 4.79 Å². The number of rotatable bonds is 5. The maximum atomic E-state index is 11.0. The Kier molecular flexibility index (Phi) is 2.87. The third-order valence-corrected chi connectivity index (χ3v) is 3.93. The molecule has 3 rings (SSSR count). The molecule has 0 amide bonds. The number of anilines is 1. The second-order valence-corrected chi connectivity index (χ2v) is 5.47. The summed E-state index contributed by atoms with van der Waals surface area (Å²) in [6.45, 7) is 0.775. The number of carboxylic acid groups (broad SMARTS) is 1. The van der Waals surface area contributed by atoms with Crippen molar-refractivity contribution in [2.45, 2.75) is 12.8 Å². The summed E-state index contributed by atoms with van der Waals surface area (Å²) in [6.07, 6.45) is 3.88. The summed E-state index contributed by atoms with van der Waals surface area (Å²) in [6, 6.07) is 1.93. The van der Waals surface area contributed by atoms with Gasteiger partial charge in [-0.05, 0) is 30.2 Å². The third kappa shape index (κ3) is 2.28. The normalized spacial score (nSPS) is 14.9. The van der Waals surface area contributed by atoms with Crippen molar-refractivity contribution in [3.05, 3.63) is 17.8 Å². The average Bonchev–Trinajstić information content (AvgIpc) is 3.02. The molecule has 0 aromatic carbocycles. The molecule has 2 aromatic rings. The molecular weight excluding hydrogens is 250 g/mol. The summed E-state index contributed by atoms with van der Waals surface area (Å²) in [5.74, 6) is 0.553. The van der Waals surface area contributed by atoms with Gasteiger partial charge in [0.2, 0.25) is 0 Å². The molecular formula is C12H13N3O2S. The number of carboxylic acids is 1. The van der Waals surface area contributed by atoms with Crippen molar-refractivity contribution in [3.8, 4) is 0 Å². The van der Waals surface area contributed by atoms with E-state index in [1.54, 1.807) is 11.3 Å². The van der Waals surface area contributed by atoms with Gasteiger partial charge >= 0.3 is 5.97 Å². The summed E-state index contributed by atoms with van der Waals surface area (Å²) in [5, 5.41) is 11.0. The van der Waals surface area contributed by atoms with Crippen LogP contribution in [0.1, 0.15) is 12.8 Å². The van der Waals surface area contributed by atoms with Gasteiger partial charge in [-0.15, -0.1) is 11.3 Å². The zero-order valence-corrected chi connectivity index (χ0v) is 10.6. The highest BCUT2D eigenvalue weighted by Crippen LogP contribution is 2.33. The van der Waals surface area contributed by atoms with Crippen molar-refractivity contribution in [3.63, 3.8) is 0 Å². The standard InChI is InChI=1S/C12H13N3O2S/c16-10(17)6-15(5-8-1-2-8)12-11-9(3-4-18-11)13-7-14-12/h3-4,7-8H,1-2,5-6H2,(H,16,17). The molecule has 1 N–H and O–H groups in total. The van der Waals surface area contributed by atoms with E-state index in [1.165, 1.54) is 19.2 Å². The Morgan fingerprint density at radius 2 is 2.33 bits per heavy atom. The van der Waals surface area contributed by atoms with Gasteiger partial charge in [0.15, 0.2) is 5.82 Å². The number of aliphatic carboxylic acids is 1. The van der Waals surface area contributed by atoms with Crippen LogP contribution in [0.2, 0.25) is 0 Å². The van der Waals surface area contributed by atoms with Gasteiger partial charge in [-0.25, -0.2) is 9.97 Å². The topological polar surface area (TPSA) is 66.3 Å². The van der Waals surface area contributed by atoms with Crippen LogP contribution in [-0.4, -0.2) is 34.1 Å². The summed E-state index contributed by atoms with van der Waals surface area (Å²) >= 11 is 1.56. The molecule has 5 nitrogen and oxygen atoms in total. The summed E-state index contributed by atoms with van der Waals surface area (Å²) in [4.78, 5) is 21.3. The maximum absolute atomic E-state index is 11.0. The highest BCUT2D eigenvalue weighted by atomic mass is 32.1. The lowest BCUT2D eigenvalue weighted by Gasteiger charge is -2.21. The fraction of sp³-hybridized carbons (Fsp3) is 0.417. The van der Waals surface area contributed by atoms with Crippen molar-refractivity contribution in [2.24, 2.45) is 5.92 Å². The molecule has 0 saturated heterocycles. The number of nitrogens with zero attached hydrogens (tertiary/aromatic N) is 3. The smallest absolute Gasteiger partial charge is 0.323 e. The van der Waals surface area contributed by atoms with Crippen molar-refractivity contribution in [1.82, 2.24) is 9.97 Å². The first-order valence-corrected chi connectivity index (χ1v) is 6.77. The maximum Gasteiger partial charge on any atom is 0.323 e. The molecule has 18 heavy (non-hydrogen) atoms. The highest BCUT2D eigenvalue weighted by molar-refractivity contribution is 7.17. The molecule has 2 aromatic heterocycles. The minimum Gasteiger partial charge on any atom is -0.480 e. The zero-order chi connectivity index (χ0) is 12.5. The average molecular weight is 263 g/mol. The Hall–Kier alpha value is -1.69. The Balaban J connectivity index is 1.96. The van der Waals surface area contributed by atoms with E-state index in [-0.39, 0.29) is 6.54 Å². The van der Waals surface area contributed by atoms with E-state index < -0.39 is 5.97 Å². The summed E-state index contributed by atoms with van der Waals surface area (Å²) in [5.41, 5.74) is 0.885. The van der Waals surface area contributed by atoms with E-state index in [4.69, 9.17) is 5.11 Å². The molecule has 0 atom stereocenters. The Labute approximate surface area is 108 Å². The fourth-order valence-electron chi connectivity index (χ4n) is 2.00. The predicted octanol–water partition coefficient (Wildman–Crippen LogP) is 1.99. The zero-order valence-electron chi connectivity index (χ0n) is 9.74. The number of fused-ring (bicyclic) bond motifs is 1. The molecule has 1 aliphatic rings. The molecule has 0 aliphatic heterocycles. The number of hydrogen-bond donors (Lipinski definition) is 1. The van der Waals surface area contributed by atoms with Crippen molar-refractivity contribution >= 4 is 33.3 Å². The van der Waals surface area contributed by atoms with E-state index in [0.717, 1.165) is 22.6 Å². The first-order valence-electron chi connectivity index (χ1n) is 5.89. The number of aromatic nitrogens is 2. The van der Waals surface area contributed by atoms with Gasteiger partial charge in [0.05, 0.1) is 10.2 Å². The molecule has 2 heterocycles. The fourth-order valence-corrected chi connectivity index (χ4v) is 2.86. The van der Waals surface area contributed by atoms with Gasteiger partial charge in [-0.1, -0.05) is 0 Å². The van der Waals surface area contributed by atoms with Gasteiger partial charge in [-0.2, -0.15) is 0 Å². The van der Waals surface area contributed by atoms with Crippen LogP contribution in [-0.2, 0) is 4.79 Å². The van der Waals surface area contributed by atoms with Crippen LogP contribution in [0.15, 0.2) is 17.8 Å². The summed E-state index contributed by atoms with van der Waals surface area (Å²) in [7, 11) is 0. The minimum atomic E-state index is -0.820. The van der Waals surface area contributed by atoms with E-state index >= 15 is 0 Å². The first kappa shape index (κ1) is 11.4. The van der Waals surface area contributed by atoms with Gasteiger partial charge in [0, 0.05) is 6.54 Å². The van der Waals surface area contributed by atoms with Crippen LogP contribution in [0.3, 0.4) is 0 Å². The Morgan fingerprint density at radius 1 is 1.50 bits per heavy atom. The first-order chi connectivity index (χ1) is 8.74. The van der Waals surface area contributed by atoms with Crippen LogP contribution in [0.4, 0.5) is 5.82 Å². The van der Waals surface area contributed by atoms with Crippen LogP contribution < -0.4 is 4.90 Å². The number of carbonyl (C=O) groups is 1. The second-order valence-electron chi connectivity index (χ2n) is 4.55. The molecule has 94 valence electrons. The summed E-state index contributed by atoms with van der Waals surface area (Å²) < 4.78 is 0.972. The highest BCUT2D eigenvalue weighted by Gasteiger charge is 2.27. The van der Waals surface area contributed by atoms with Gasteiger partial charge in [0.1, 0.15) is 12.9 Å². The van der Waals surface area contributed by atoms with Crippen LogP contribution in [0.5, 0.6) is 0 Å². The lowest BCUT2D eigenvalue weighted by Crippen LogP contribution is -2.32. The molecule has 1 saturated carbocycles. The predicted molar refractivity (Wildman–Crippen MR) is 70.0 cm³/mol. The number of thiophene rings is 1. The van der Waals surface area contributed by atoms with Crippen molar-refractivity contribution < 1.29 is 9.90 Å². The van der Waals surface area contributed by atoms with Gasteiger partial charge in [0.25, 0.3) is 0 Å². The van der Waals surface area contributed by atoms with E-state index in [9.17, 15) is 4.79 Å². The largest absolute Gasteiger partial charge is 0.480 e. The van der Waals surface area contributed by atoms with Crippen LogP contribution in [0.25, 0.3) is 10.2 Å². The molecule has 0 spiro atoms. The van der Waals surface area contributed by atoms with Crippen LogP contribution >= 0.6 is 11.3 Å². The van der Waals surface area contributed by atoms with E-state index in [0.29, 0.717) is 5.92 Å². The molecule has 0 radical (unpaired) electrons. The Morgan fingerprint density at radius 3 is 3.06 bits per heavy atom. The molecule has 0 bridgehead atoms. The SMILES string of the molecule is O=C(O)CN(CC1CC1)c1ncnc2ccsc12. The minimum absolute atomic E-state index is 0.000509. The number of hydrogen-bond acceptors (Lipinski definition) is 5. The lowest BCUT2D eigenvalue weighted by molar-refractivity contribution is -0.135. The van der Waals surface area contributed by atoms with Gasteiger partial charge < -0.3 is 10.0 Å². The quantitative estimate of drug-likeness (QED) is 0.893. The van der Waals surface area contributed by atoms with E-state index in [2.05, 4.69) is 9.97 Å². The Bertz CT molecular complexity index is 579. The van der Waals surface area contributed by atoms with E-state index in [1.807, 2.05) is 16.3 Å². The second kappa shape index (κ2) is 4.53. The van der Waals surface area contributed by atoms with Crippen molar-refractivity contribution in [2.75, 3.05) is 18.0 Å². The molecule has 6 heteroatoms. The lowest BCUT2D eigenvalue weighted by atomic mass is 10.3.